The molecule has 2 aromatic carbocycles. The first-order chi connectivity index (χ1) is 12.0. The maximum atomic E-state index is 12.3. The number of amides is 2. The second-order valence-electron chi connectivity index (χ2n) is 5.11. The summed E-state index contributed by atoms with van der Waals surface area (Å²) in [7, 11) is 0. The summed E-state index contributed by atoms with van der Waals surface area (Å²) in [5.74, 6) is -1.79. The topological polar surface area (TPSA) is 74.7 Å². The van der Waals surface area contributed by atoms with Gasteiger partial charge in [-0.05, 0) is 41.6 Å². The van der Waals surface area contributed by atoms with Crippen molar-refractivity contribution in [3.05, 3.63) is 65.1 Å². The van der Waals surface area contributed by atoms with E-state index < -0.39 is 23.7 Å². The molecule has 126 valence electrons. The molecule has 7 heteroatoms. The summed E-state index contributed by atoms with van der Waals surface area (Å²) < 4.78 is 0. The van der Waals surface area contributed by atoms with Crippen molar-refractivity contribution < 1.29 is 19.5 Å². The molecule has 0 radical (unpaired) electrons. The van der Waals surface area contributed by atoms with Gasteiger partial charge in [0, 0.05) is 9.79 Å². The molecule has 3 rings (SSSR count). The molecule has 0 unspecified atom stereocenters. The molecule has 1 N–H and O–H groups in total. The Kier molecular flexibility index (Phi) is 5.25. The van der Waals surface area contributed by atoms with Crippen LogP contribution >= 0.6 is 23.5 Å². The van der Waals surface area contributed by atoms with E-state index in [4.69, 9.17) is 5.11 Å². The van der Waals surface area contributed by atoms with Gasteiger partial charge in [-0.1, -0.05) is 48.2 Å². The van der Waals surface area contributed by atoms with Crippen LogP contribution in [0.1, 0.15) is 5.56 Å². The molecule has 25 heavy (non-hydrogen) atoms. The smallest absolute Gasteiger partial charge is 0.323 e. The number of carboxylic acids is 1. The summed E-state index contributed by atoms with van der Waals surface area (Å²) in [4.78, 5) is 37.9. The van der Waals surface area contributed by atoms with Crippen LogP contribution < -0.4 is 0 Å². The Bertz CT molecular complexity index is 864. The van der Waals surface area contributed by atoms with Gasteiger partial charge in [-0.3, -0.25) is 19.3 Å². The minimum Gasteiger partial charge on any atom is -0.480 e. The molecule has 1 heterocycles. The molecule has 1 fully saturated rings. The Hall–Kier alpha value is -2.51. The lowest BCUT2D eigenvalue weighted by Gasteiger charge is -2.08. The van der Waals surface area contributed by atoms with E-state index in [0.717, 1.165) is 32.0 Å². The van der Waals surface area contributed by atoms with Crippen LogP contribution in [0.15, 0.2) is 69.3 Å². The quantitative estimate of drug-likeness (QED) is 0.802. The molecule has 0 atom stereocenters. The van der Waals surface area contributed by atoms with Crippen molar-refractivity contribution in [2.24, 2.45) is 0 Å². The lowest BCUT2D eigenvalue weighted by Crippen LogP contribution is -2.33. The van der Waals surface area contributed by atoms with Crippen LogP contribution in [0.3, 0.4) is 0 Å². The summed E-state index contributed by atoms with van der Waals surface area (Å²) in [5.41, 5.74) is 0.803. The van der Waals surface area contributed by atoms with Gasteiger partial charge in [-0.15, -0.1) is 0 Å². The highest BCUT2D eigenvalue weighted by Gasteiger charge is 2.36. The van der Waals surface area contributed by atoms with Crippen molar-refractivity contribution in [1.82, 2.24) is 4.90 Å². The fourth-order valence-electron chi connectivity index (χ4n) is 2.22. The van der Waals surface area contributed by atoms with Crippen LogP contribution in [-0.2, 0) is 9.59 Å². The molecule has 0 aliphatic carbocycles. The Balaban J connectivity index is 1.88. The molecule has 1 aliphatic rings. The van der Waals surface area contributed by atoms with Crippen molar-refractivity contribution in [2.75, 3.05) is 6.54 Å². The number of carbonyl (C=O) groups is 3. The summed E-state index contributed by atoms with van der Waals surface area (Å²) in [6.07, 6.45) is 1.64. The normalized spacial score (nSPS) is 15.8. The van der Waals surface area contributed by atoms with Crippen molar-refractivity contribution in [2.45, 2.75) is 9.79 Å². The Morgan fingerprint density at radius 1 is 1.08 bits per heavy atom. The maximum absolute atomic E-state index is 12.3. The van der Waals surface area contributed by atoms with Gasteiger partial charge < -0.3 is 5.11 Å². The van der Waals surface area contributed by atoms with Gasteiger partial charge in [-0.2, -0.15) is 0 Å². The van der Waals surface area contributed by atoms with E-state index in [9.17, 15) is 14.4 Å². The van der Waals surface area contributed by atoms with E-state index in [2.05, 4.69) is 0 Å². The second kappa shape index (κ2) is 7.58. The van der Waals surface area contributed by atoms with Crippen molar-refractivity contribution in [3.8, 4) is 0 Å². The Morgan fingerprint density at radius 2 is 1.76 bits per heavy atom. The largest absolute Gasteiger partial charge is 0.480 e. The minimum atomic E-state index is -1.22. The molecule has 0 bridgehead atoms. The van der Waals surface area contributed by atoms with Crippen LogP contribution in [0, 0.1) is 0 Å². The Labute approximate surface area is 152 Å². The van der Waals surface area contributed by atoms with Gasteiger partial charge >= 0.3 is 5.97 Å². The predicted molar refractivity (Wildman–Crippen MR) is 97.3 cm³/mol. The van der Waals surface area contributed by atoms with Crippen molar-refractivity contribution >= 4 is 46.7 Å². The molecule has 5 nitrogen and oxygen atoms in total. The predicted octanol–water partition coefficient (Wildman–Crippen LogP) is 3.96. The molecule has 2 aromatic rings. The van der Waals surface area contributed by atoms with Crippen LogP contribution in [0.2, 0.25) is 0 Å². The third-order valence-electron chi connectivity index (χ3n) is 3.34. The highest BCUT2D eigenvalue weighted by molar-refractivity contribution is 8.18. The lowest BCUT2D eigenvalue weighted by molar-refractivity contribution is -0.140. The monoisotopic (exact) mass is 371 g/mol. The SMILES string of the molecule is O=C(O)CN1C(=O)S/C(=C\c2ccccc2Sc2ccccc2)C1=O. The molecule has 0 aromatic heterocycles. The van der Waals surface area contributed by atoms with Crippen LogP contribution in [0.4, 0.5) is 4.79 Å². The third kappa shape index (κ3) is 4.12. The lowest BCUT2D eigenvalue weighted by atomic mass is 10.2. The maximum Gasteiger partial charge on any atom is 0.323 e. The zero-order valence-electron chi connectivity index (χ0n) is 12.9. The summed E-state index contributed by atoms with van der Waals surface area (Å²) in [5, 5.41) is 8.25. The van der Waals surface area contributed by atoms with Gasteiger partial charge in [0.05, 0.1) is 4.91 Å². The Morgan fingerprint density at radius 3 is 2.48 bits per heavy atom. The van der Waals surface area contributed by atoms with E-state index in [-0.39, 0.29) is 4.91 Å². The number of thioether (sulfide) groups is 1. The number of carbonyl (C=O) groups excluding carboxylic acids is 2. The summed E-state index contributed by atoms with van der Waals surface area (Å²) >= 11 is 2.31. The number of benzene rings is 2. The van der Waals surface area contributed by atoms with E-state index in [1.807, 2.05) is 54.6 Å². The minimum absolute atomic E-state index is 0.229. The fourth-order valence-corrected chi connectivity index (χ4v) is 3.99. The third-order valence-corrected chi connectivity index (χ3v) is 5.35. The van der Waals surface area contributed by atoms with E-state index >= 15 is 0 Å². The standard InChI is InChI=1S/C18H13NO4S2/c20-16(21)11-19-17(22)15(25-18(19)23)10-12-6-4-5-9-14(12)24-13-7-2-1-3-8-13/h1-10H,11H2,(H,20,21)/b15-10-. The fraction of sp³-hybridized carbons (Fsp3) is 0.0556. The highest BCUT2D eigenvalue weighted by Crippen LogP contribution is 2.36. The van der Waals surface area contributed by atoms with Gasteiger partial charge in [-0.25, -0.2) is 0 Å². The van der Waals surface area contributed by atoms with Gasteiger partial charge in [0.2, 0.25) is 0 Å². The number of nitrogens with zero attached hydrogens (tertiary/aromatic N) is 1. The van der Waals surface area contributed by atoms with Crippen molar-refractivity contribution in [3.63, 3.8) is 0 Å². The molecular formula is C18H13NO4S2. The number of hydrogen-bond donors (Lipinski definition) is 1. The molecule has 1 aliphatic heterocycles. The highest BCUT2D eigenvalue weighted by atomic mass is 32.2. The number of carboxylic acid groups (broad SMARTS) is 1. The van der Waals surface area contributed by atoms with Gasteiger partial charge in [0.15, 0.2) is 0 Å². The van der Waals surface area contributed by atoms with E-state index in [0.29, 0.717) is 0 Å². The molecule has 1 saturated heterocycles. The average molecular weight is 371 g/mol. The first-order valence-corrected chi connectivity index (χ1v) is 8.97. The number of aliphatic carboxylic acids is 1. The van der Waals surface area contributed by atoms with Crippen LogP contribution in [0.25, 0.3) is 6.08 Å². The van der Waals surface area contributed by atoms with Gasteiger partial charge in [0.25, 0.3) is 11.1 Å². The summed E-state index contributed by atoms with van der Waals surface area (Å²) in [6.45, 7) is -0.623. The molecule has 0 spiro atoms. The zero-order valence-corrected chi connectivity index (χ0v) is 14.5. The number of imide groups is 1. The zero-order chi connectivity index (χ0) is 17.8. The van der Waals surface area contributed by atoms with E-state index in [1.165, 1.54) is 0 Å². The molecular weight excluding hydrogens is 358 g/mol. The number of hydrogen-bond acceptors (Lipinski definition) is 5. The van der Waals surface area contributed by atoms with E-state index in [1.54, 1.807) is 17.8 Å². The average Bonchev–Trinajstić information content (AvgIpc) is 2.85. The first kappa shape index (κ1) is 17.3. The van der Waals surface area contributed by atoms with Crippen molar-refractivity contribution in [1.29, 1.82) is 0 Å². The van der Waals surface area contributed by atoms with Crippen LogP contribution in [0.5, 0.6) is 0 Å². The molecule has 2 amide bonds. The molecule has 0 saturated carbocycles. The van der Waals surface area contributed by atoms with Gasteiger partial charge in [0.1, 0.15) is 6.54 Å². The van der Waals surface area contributed by atoms with Crippen LogP contribution in [-0.4, -0.2) is 33.7 Å². The summed E-state index contributed by atoms with van der Waals surface area (Å²) in [6, 6.07) is 17.4. The first-order valence-electron chi connectivity index (χ1n) is 7.33. The number of rotatable bonds is 5. The second-order valence-corrected chi connectivity index (χ2v) is 7.22.